The van der Waals surface area contributed by atoms with Crippen LogP contribution in [0.5, 0.6) is 5.75 Å². The highest BCUT2D eigenvalue weighted by atomic mass is 16.5. The first-order valence-corrected chi connectivity index (χ1v) is 8.84. The molecule has 0 aliphatic heterocycles. The Balaban J connectivity index is 1.95. The van der Waals surface area contributed by atoms with Crippen molar-refractivity contribution in [3.05, 3.63) is 53.3 Å². The highest BCUT2D eigenvalue weighted by Crippen LogP contribution is 2.42. The highest BCUT2D eigenvalue weighted by Gasteiger charge is 2.24. The van der Waals surface area contributed by atoms with E-state index in [1.165, 1.54) is 24.8 Å². The Labute approximate surface area is 148 Å². The molecule has 5 nitrogen and oxygen atoms in total. The van der Waals surface area contributed by atoms with Crippen molar-refractivity contribution in [2.24, 2.45) is 5.73 Å². The lowest BCUT2D eigenvalue weighted by Gasteiger charge is -2.26. The van der Waals surface area contributed by atoms with E-state index in [1.807, 2.05) is 24.3 Å². The van der Waals surface area contributed by atoms with Crippen LogP contribution in [0, 0.1) is 0 Å². The Morgan fingerprint density at radius 1 is 1.20 bits per heavy atom. The fraction of sp³-hybridized carbons (Fsp3) is 0.400. The number of hydrogen-bond donors (Lipinski definition) is 2. The molecule has 1 aliphatic rings. The van der Waals surface area contributed by atoms with E-state index in [2.05, 4.69) is 10.3 Å². The Morgan fingerprint density at radius 2 is 1.92 bits per heavy atom. The monoisotopic (exact) mass is 339 g/mol. The molecular weight excluding hydrogens is 314 g/mol. The van der Waals surface area contributed by atoms with Crippen LogP contribution in [0.25, 0.3) is 0 Å². The standard InChI is InChI=1S/C20H25N3O2/c1-25-19-16(15-5-3-2-4-6-15)7-8-17(20(21)24)18(19)23-13-14-9-11-22-12-10-14/h7-12,15,23H,2-6,13H2,1H3,(H2,21,24). The van der Waals surface area contributed by atoms with E-state index in [0.717, 1.165) is 24.2 Å². The van der Waals surface area contributed by atoms with Gasteiger partial charge in [0.05, 0.1) is 18.4 Å². The molecule has 1 fully saturated rings. The smallest absolute Gasteiger partial charge is 0.250 e. The minimum absolute atomic E-state index is 0.453. The van der Waals surface area contributed by atoms with Crippen molar-refractivity contribution in [1.82, 2.24) is 4.98 Å². The normalized spacial score (nSPS) is 14.9. The Kier molecular flexibility index (Phi) is 5.53. The predicted molar refractivity (Wildman–Crippen MR) is 98.9 cm³/mol. The number of carbonyl (C=O) groups excluding carboxylic acids is 1. The van der Waals surface area contributed by atoms with Crippen LogP contribution in [0.2, 0.25) is 0 Å². The molecule has 0 bridgehead atoms. The molecule has 0 atom stereocenters. The fourth-order valence-electron chi connectivity index (χ4n) is 3.63. The molecule has 3 N–H and O–H groups in total. The molecule has 0 saturated heterocycles. The van der Waals surface area contributed by atoms with Gasteiger partial charge in [-0.1, -0.05) is 25.3 Å². The Bertz CT molecular complexity index is 725. The maximum atomic E-state index is 11.9. The van der Waals surface area contributed by atoms with E-state index in [-0.39, 0.29) is 0 Å². The van der Waals surface area contributed by atoms with Gasteiger partial charge < -0.3 is 15.8 Å². The minimum Gasteiger partial charge on any atom is -0.494 e. The zero-order valence-corrected chi connectivity index (χ0v) is 14.6. The molecular formula is C20H25N3O2. The molecule has 1 amide bonds. The summed E-state index contributed by atoms with van der Waals surface area (Å²) < 4.78 is 5.73. The summed E-state index contributed by atoms with van der Waals surface area (Å²) in [6.45, 7) is 0.577. The molecule has 0 radical (unpaired) electrons. The maximum Gasteiger partial charge on any atom is 0.250 e. The number of methoxy groups -OCH3 is 1. The van der Waals surface area contributed by atoms with Crippen LogP contribution in [0.15, 0.2) is 36.7 Å². The van der Waals surface area contributed by atoms with Gasteiger partial charge in [-0.05, 0) is 48.1 Å². The summed E-state index contributed by atoms with van der Waals surface area (Å²) in [6, 6.07) is 7.71. The predicted octanol–water partition coefficient (Wildman–Crippen LogP) is 3.85. The van der Waals surface area contributed by atoms with Crippen LogP contribution >= 0.6 is 0 Å². The van der Waals surface area contributed by atoms with Crippen LogP contribution in [0.1, 0.15) is 59.5 Å². The van der Waals surface area contributed by atoms with Crippen molar-refractivity contribution >= 4 is 11.6 Å². The van der Waals surface area contributed by atoms with Gasteiger partial charge in [0.25, 0.3) is 5.91 Å². The molecule has 3 rings (SSSR count). The van der Waals surface area contributed by atoms with Crippen molar-refractivity contribution < 1.29 is 9.53 Å². The minimum atomic E-state index is -0.453. The lowest BCUT2D eigenvalue weighted by Crippen LogP contribution is -2.17. The van der Waals surface area contributed by atoms with Gasteiger partial charge in [0.2, 0.25) is 0 Å². The number of carbonyl (C=O) groups is 1. The summed E-state index contributed by atoms with van der Waals surface area (Å²) in [6.07, 6.45) is 9.61. The topological polar surface area (TPSA) is 77.2 Å². The van der Waals surface area contributed by atoms with Crippen molar-refractivity contribution in [1.29, 1.82) is 0 Å². The summed E-state index contributed by atoms with van der Waals surface area (Å²) in [5, 5.41) is 3.36. The average Bonchev–Trinajstić information content (AvgIpc) is 2.66. The van der Waals surface area contributed by atoms with Gasteiger partial charge in [-0.3, -0.25) is 9.78 Å². The number of nitrogens with one attached hydrogen (secondary N) is 1. The van der Waals surface area contributed by atoms with E-state index in [1.54, 1.807) is 19.5 Å². The number of aromatic nitrogens is 1. The van der Waals surface area contributed by atoms with Gasteiger partial charge in [-0.15, -0.1) is 0 Å². The largest absolute Gasteiger partial charge is 0.494 e. The molecule has 25 heavy (non-hydrogen) atoms. The SMILES string of the molecule is COc1c(C2CCCCC2)ccc(C(N)=O)c1NCc1ccncc1. The molecule has 1 aromatic carbocycles. The molecule has 132 valence electrons. The van der Waals surface area contributed by atoms with E-state index in [4.69, 9.17) is 10.5 Å². The van der Waals surface area contributed by atoms with E-state index in [0.29, 0.717) is 23.7 Å². The molecule has 5 heteroatoms. The number of nitrogens with two attached hydrogens (primary N) is 1. The van der Waals surface area contributed by atoms with Gasteiger partial charge in [0, 0.05) is 18.9 Å². The van der Waals surface area contributed by atoms with Crippen LogP contribution in [0.4, 0.5) is 5.69 Å². The quantitative estimate of drug-likeness (QED) is 0.838. The van der Waals surface area contributed by atoms with Crippen molar-refractivity contribution in [2.75, 3.05) is 12.4 Å². The lowest BCUT2D eigenvalue weighted by molar-refractivity contribution is 0.100. The lowest BCUT2D eigenvalue weighted by atomic mass is 9.83. The molecule has 1 heterocycles. The number of hydrogen-bond acceptors (Lipinski definition) is 4. The highest BCUT2D eigenvalue weighted by molar-refractivity contribution is 6.00. The number of anilines is 1. The Hall–Kier alpha value is -2.56. The number of primary amides is 1. The summed E-state index contributed by atoms with van der Waals surface area (Å²) >= 11 is 0. The first-order chi connectivity index (χ1) is 12.2. The molecule has 2 aromatic rings. The molecule has 0 unspecified atom stereocenters. The number of rotatable bonds is 6. The maximum absolute atomic E-state index is 11.9. The number of nitrogens with zero attached hydrogens (tertiary/aromatic N) is 1. The van der Waals surface area contributed by atoms with Gasteiger partial charge in [0.1, 0.15) is 5.75 Å². The third-order valence-corrected chi connectivity index (χ3v) is 4.92. The summed E-state index contributed by atoms with van der Waals surface area (Å²) in [4.78, 5) is 15.9. The van der Waals surface area contributed by atoms with Crippen molar-refractivity contribution in [3.8, 4) is 5.75 Å². The van der Waals surface area contributed by atoms with E-state index >= 15 is 0 Å². The fourth-order valence-corrected chi connectivity index (χ4v) is 3.63. The first-order valence-electron chi connectivity index (χ1n) is 8.84. The molecule has 1 aromatic heterocycles. The van der Waals surface area contributed by atoms with E-state index in [9.17, 15) is 4.79 Å². The number of benzene rings is 1. The van der Waals surface area contributed by atoms with Gasteiger partial charge in [-0.2, -0.15) is 0 Å². The van der Waals surface area contributed by atoms with Crippen LogP contribution in [0.3, 0.4) is 0 Å². The van der Waals surface area contributed by atoms with Crippen LogP contribution < -0.4 is 15.8 Å². The van der Waals surface area contributed by atoms with Gasteiger partial charge >= 0.3 is 0 Å². The Morgan fingerprint density at radius 3 is 2.56 bits per heavy atom. The van der Waals surface area contributed by atoms with Crippen molar-refractivity contribution in [2.45, 2.75) is 44.6 Å². The number of amides is 1. The third kappa shape index (κ3) is 3.92. The first kappa shape index (κ1) is 17.3. The second-order valence-electron chi connectivity index (χ2n) is 6.52. The van der Waals surface area contributed by atoms with Crippen LogP contribution in [-0.4, -0.2) is 18.0 Å². The third-order valence-electron chi connectivity index (χ3n) is 4.92. The van der Waals surface area contributed by atoms with Gasteiger partial charge in [0.15, 0.2) is 0 Å². The zero-order chi connectivity index (χ0) is 17.6. The summed E-state index contributed by atoms with van der Waals surface area (Å²) in [7, 11) is 1.66. The molecule has 1 aliphatic carbocycles. The molecule has 1 saturated carbocycles. The number of pyridine rings is 1. The molecule has 0 spiro atoms. The second kappa shape index (κ2) is 8.01. The van der Waals surface area contributed by atoms with E-state index < -0.39 is 5.91 Å². The van der Waals surface area contributed by atoms with Crippen molar-refractivity contribution in [3.63, 3.8) is 0 Å². The summed E-state index contributed by atoms with van der Waals surface area (Å²) in [5.41, 5.74) is 8.99. The van der Waals surface area contributed by atoms with Crippen LogP contribution in [-0.2, 0) is 6.54 Å². The average molecular weight is 339 g/mol. The zero-order valence-electron chi connectivity index (χ0n) is 14.6. The second-order valence-corrected chi connectivity index (χ2v) is 6.52. The summed E-state index contributed by atoms with van der Waals surface area (Å²) in [5.74, 6) is 0.773. The van der Waals surface area contributed by atoms with Gasteiger partial charge in [-0.25, -0.2) is 0 Å². The number of ether oxygens (including phenoxy) is 1.